The predicted octanol–water partition coefficient (Wildman–Crippen LogP) is 3.76. The number of carbonyl (C=O) groups excluding carboxylic acids is 1. The summed E-state index contributed by atoms with van der Waals surface area (Å²) in [5.41, 5.74) is 2.75. The van der Waals surface area contributed by atoms with E-state index in [1.165, 1.54) is 4.90 Å². The number of rotatable bonds is 9. The number of amides is 1. The fraction of sp³-hybridized carbons (Fsp3) is 0.469. The summed E-state index contributed by atoms with van der Waals surface area (Å²) in [7, 11) is 2.05. The lowest BCUT2D eigenvalue weighted by molar-refractivity contribution is -0.131. The second-order valence-electron chi connectivity index (χ2n) is 11.8. The SMILES string of the molecule is [C-]#[N+]C[C@H]1CN(c2nc(O[C@@H](C)CN(C)C3COC3)nc3c2CCN(c2cncc4cccc(Cl)c24)C3)CCN1C(=O)C(=C)F. The summed E-state index contributed by atoms with van der Waals surface area (Å²) in [5, 5.41) is 2.56. The largest absolute Gasteiger partial charge is 0.459 e. The van der Waals surface area contributed by atoms with E-state index >= 15 is 0 Å². The molecule has 3 aliphatic heterocycles. The Hall–Kier alpha value is -4.05. The van der Waals surface area contributed by atoms with Crippen LogP contribution in [0.2, 0.25) is 5.02 Å². The van der Waals surface area contributed by atoms with Crippen molar-refractivity contribution >= 4 is 39.8 Å². The summed E-state index contributed by atoms with van der Waals surface area (Å²) in [4.78, 5) is 38.3. The van der Waals surface area contributed by atoms with E-state index in [0.717, 1.165) is 33.5 Å². The summed E-state index contributed by atoms with van der Waals surface area (Å²) in [6.07, 6.45) is 4.11. The normalized spacial score (nSPS) is 19.2. The first-order valence-electron chi connectivity index (χ1n) is 15.1. The van der Waals surface area contributed by atoms with Crippen molar-refractivity contribution in [1.82, 2.24) is 24.8 Å². The Morgan fingerprint density at radius 3 is 2.82 bits per heavy atom. The van der Waals surface area contributed by atoms with Crippen LogP contribution < -0.4 is 14.5 Å². The lowest BCUT2D eigenvalue weighted by Crippen LogP contribution is -2.57. The van der Waals surface area contributed by atoms with Gasteiger partial charge in [0.15, 0.2) is 5.83 Å². The zero-order valence-electron chi connectivity index (χ0n) is 25.5. The second-order valence-corrected chi connectivity index (χ2v) is 12.2. The summed E-state index contributed by atoms with van der Waals surface area (Å²) in [6, 6.07) is 5.92. The number of likely N-dealkylation sites (N-methyl/N-ethyl adjacent to an activating group) is 1. The van der Waals surface area contributed by atoms with Gasteiger partial charge in [-0.3, -0.25) is 14.7 Å². The zero-order valence-corrected chi connectivity index (χ0v) is 26.2. The summed E-state index contributed by atoms with van der Waals surface area (Å²) in [5.74, 6) is -1.08. The molecule has 45 heavy (non-hydrogen) atoms. The molecule has 13 heteroatoms. The van der Waals surface area contributed by atoms with Gasteiger partial charge in [-0.2, -0.15) is 9.97 Å². The van der Waals surface area contributed by atoms with Gasteiger partial charge in [-0.25, -0.2) is 11.0 Å². The molecular weight excluding hydrogens is 599 g/mol. The molecule has 0 saturated carbocycles. The van der Waals surface area contributed by atoms with Gasteiger partial charge in [-0.15, -0.1) is 0 Å². The average Bonchev–Trinajstić information content (AvgIpc) is 2.99. The van der Waals surface area contributed by atoms with Crippen molar-refractivity contribution < 1.29 is 18.7 Å². The molecule has 0 bridgehead atoms. The van der Waals surface area contributed by atoms with Gasteiger partial charge >= 0.3 is 6.01 Å². The van der Waals surface area contributed by atoms with Crippen molar-refractivity contribution in [2.24, 2.45) is 0 Å². The molecule has 0 aliphatic carbocycles. The average molecular weight is 635 g/mol. The Labute approximate surface area is 267 Å². The molecule has 0 radical (unpaired) electrons. The van der Waals surface area contributed by atoms with E-state index in [2.05, 4.69) is 38.2 Å². The number of hydrogen-bond acceptors (Lipinski definition) is 9. The minimum Gasteiger partial charge on any atom is -0.459 e. The Bertz CT molecular complexity index is 1640. The van der Waals surface area contributed by atoms with Gasteiger partial charge < -0.3 is 29.0 Å². The third kappa shape index (κ3) is 6.38. The zero-order chi connectivity index (χ0) is 31.7. The molecule has 2 fully saturated rings. The standard InChI is InChI=1S/C32H36ClFN8O3/c1-20(15-39(4)24-18-44-19-24)45-32-37-27-17-40(28-14-36-12-22-6-5-7-26(33)29(22)28)9-8-25(27)30(38-32)41-10-11-42(31(43)21(2)34)23(16-41)13-35-3/h5-7,12,14,20,23-24H,2,8-11,13,15-19H2,1,4H3/t20-,23-/m0/s1. The highest BCUT2D eigenvalue weighted by atomic mass is 35.5. The minimum atomic E-state index is -1.02. The van der Waals surface area contributed by atoms with Gasteiger partial charge in [0.05, 0.1) is 48.4 Å². The molecule has 5 heterocycles. The van der Waals surface area contributed by atoms with E-state index < -0.39 is 17.8 Å². The van der Waals surface area contributed by atoms with Crippen molar-refractivity contribution in [3.63, 3.8) is 0 Å². The van der Waals surface area contributed by atoms with Crippen LogP contribution in [0, 0.1) is 6.57 Å². The van der Waals surface area contributed by atoms with Crippen molar-refractivity contribution in [2.45, 2.75) is 38.1 Å². The van der Waals surface area contributed by atoms with E-state index in [9.17, 15) is 9.18 Å². The summed E-state index contributed by atoms with van der Waals surface area (Å²) >= 11 is 6.67. The van der Waals surface area contributed by atoms with Crippen LogP contribution in [0.3, 0.4) is 0 Å². The quantitative estimate of drug-likeness (QED) is 0.258. The van der Waals surface area contributed by atoms with Gasteiger partial charge in [0, 0.05) is 55.3 Å². The molecule has 3 aromatic rings. The smallest absolute Gasteiger partial charge is 0.318 e. The van der Waals surface area contributed by atoms with Gasteiger partial charge in [0.25, 0.3) is 5.91 Å². The fourth-order valence-corrected chi connectivity index (χ4v) is 6.58. The van der Waals surface area contributed by atoms with Crippen molar-refractivity contribution in [1.29, 1.82) is 0 Å². The molecule has 0 spiro atoms. The summed E-state index contributed by atoms with van der Waals surface area (Å²) in [6.45, 7) is 17.0. The Balaban J connectivity index is 1.33. The van der Waals surface area contributed by atoms with Gasteiger partial charge in [0.2, 0.25) is 6.54 Å². The van der Waals surface area contributed by atoms with Crippen LogP contribution in [0.5, 0.6) is 6.01 Å². The number of benzene rings is 1. The van der Waals surface area contributed by atoms with Gasteiger partial charge in [-0.1, -0.05) is 30.3 Å². The molecule has 3 aliphatic rings. The maximum absolute atomic E-state index is 13.8. The number of aromatic nitrogens is 3. The first-order chi connectivity index (χ1) is 21.7. The molecule has 2 aromatic heterocycles. The molecule has 0 unspecified atom stereocenters. The van der Waals surface area contributed by atoms with E-state index in [0.29, 0.717) is 63.4 Å². The maximum Gasteiger partial charge on any atom is 0.318 e. The van der Waals surface area contributed by atoms with Crippen LogP contribution in [-0.2, 0) is 22.5 Å². The van der Waals surface area contributed by atoms with Crippen LogP contribution in [0.4, 0.5) is 15.9 Å². The number of nitrogens with zero attached hydrogens (tertiary/aromatic N) is 8. The maximum atomic E-state index is 13.8. The lowest BCUT2D eigenvalue weighted by Gasteiger charge is -2.41. The van der Waals surface area contributed by atoms with Crippen molar-refractivity contribution in [2.75, 3.05) is 69.3 Å². The van der Waals surface area contributed by atoms with E-state index in [-0.39, 0.29) is 25.2 Å². The molecule has 1 aromatic carbocycles. The highest BCUT2D eigenvalue weighted by molar-refractivity contribution is 6.36. The molecule has 2 saturated heterocycles. The van der Waals surface area contributed by atoms with Crippen LogP contribution in [0.1, 0.15) is 18.2 Å². The van der Waals surface area contributed by atoms with Crippen molar-refractivity contribution in [3.8, 4) is 6.01 Å². The summed E-state index contributed by atoms with van der Waals surface area (Å²) < 4.78 is 25.5. The fourth-order valence-electron chi connectivity index (χ4n) is 6.30. The van der Waals surface area contributed by atoms with Crippen LogP contribution in [0.15, 0.2) is 43.0 Å². The highest BCUT2D eigenvalue weighted by Gasteiger charge is 2.36. The molecule has 1 amide bonds. The predicted molar refractivity (Wildman–Crippen MR) is 170 cm³/mol. The number of halogens is 2. The van der Waals surface area contributed by atoms with Crippen LogP contribution in [-0.4, -0.2) is 108 Å². The first kappa shape index (κ1) is 31.0. The molecule has 6 rings (SSSR count). The third-order valence-electron chi connectivity index (χ3n) is 8.75. The number of carbonyl (C=O) groups is 1. The molecular formula is C32H36ClFN8O3. The van der Waals surface area contributed by atoms with Gasteiger partial charge in [-0.05, 0) is 26.5 Å². The van der Waals surface area contributed by atoms with E-state index in [4.69, 9.17) is 37.6 Å². The molecule has 236 valence electrons. The molecule has 11 nitrogen and oxygen atoms in total. The molecule has 2 atom stereocenters. The number of pyridine rings is 1. The molecule has 0 N–H and O–H groups in total. The van der Waals surface area contributed by atoms with Gasteiger partial charge in [0.1, 0.15) is 18.0 Å². The number of piperazine rings is 1. The number of ether oxygens (including phenoxy) is 2. The van der Waals surface area contributed by atoms with Crippen LogP contribution in [0.25, 0.3) is 15.6 Å². The van der Waals surface area contributed by atoms with E-state index in [1.807, 2.05) is 37.5 Å². The first-order valence-corrected chi connectivity index (χ1v) is 15.5. The second kappa shape index (κ2) is 13.1. The highest BCUT2D eigenvalue weighted by Crippen LogP contribution is 2.37. The lowest BCUT2D eigenvalue weighted by atomic mass is 10.0. The number of fused-ring (bicyclic) bond motifs is 2. The topological polar surface area (TPSA) is 91.5 Å². The number of hydrogen-bond donors (Lipinski definition) is 0. The number of anilines is 2. The third-order valence-corrected chi connectivity index (χ3v) is 9.06. The minimum absolute atomic E-state index is 0.0447. The Kier molecular flexibility index (Phi) is 9.03. The monoisotopic (exact) mass is 634 g/mol. The Morgan fingerprint density at radius 2 is 2.09 bits per heavy atom. The van der Waals surface area contributed by atoms with E-state index in [1.54, 1.807) is 0 Å². The van der Waals surface area contributed by atoms with Crippen LogP contribution >= 0.6 is 11.6 Å². The van der Waals surface area contributed by atoms with Crippen molar-refractivity contribution in [3.05, 3.63) is 70.7 Å². The Morgan fingerprint density at radius 1 is 1.27 bits per heavy atom.